The van der Waals surface area contributed by atoms with Crippen molar-refractivity contribution in [3.8, 4) is 0 Å². The number of rotatable bonds is 4. The molecule has 1 aliphatic heterocycles. The molecule has 0 radical (unpaired) electrons. The van der Waals surface area contributed by atoms with E-state index < -0.39 is 29.2 Å². The average molecular weight is 329 g/mol. The van der Waals surface area contributed by atoms with Gasteiger partial charge in [0.1, 0.15) is 5.70 Å². The van der Waals surface area contributed by atoms with Gasteiger partial charge in [0.25, 0.3) is 0 Å². The molecule has 0 amide bonds. The van der Waals surface area contributed by atoms with Crippen LogP contribution in [-0.2, 0) is 14.3 Å². The van der Waals surface area contributed by atoms with Crippen molar-refractivity contribution in [2.75, 3.05) is 0 Å². The zero-order valence-electron chi connectivity index (χ0n) is 14.0. The fourth-order valence-corrected chi connectivity index (χ4v) is 2.73. The van der Waals surface area contributed by atoms with Gasteiger partial charge in [-0.15, -0.1) is 0 Å². The van der Waals surface area contributed by atoms with Gasteiger partial charge >= 0.3 is 17.9 Å². The summed E-state index contributed by atoms with van der Waals surface area (Å²) in [7, 11) is 0. The number of benzene rings is 1. The Labute approximate surface area is 139 Å². The van der Waals surface area contributed by atoms with Gasteiger partial charge in [-0.1, -0.05) is 25.1 Å². The summed E-state index contributed by atoms with van der Waals surface area (Å²) >= 11 is 0. The molecule has 0 aromatic heterocycles. The summed E-state index contributed by atoms with van der Waals surface area (Å²) in [5.74, 6) is -3.39. The first-order valence-electron chi connectivity index (χ1n) is 7.51. The van der Waals surface area contributed by atoms with Crippen LogP contribution in [0.3, 0.4) is 0 Å². The molecular formula is C18H19NO5. The number of carbonyl (C=O) groups excluding carboxylic acids is 2. The SMILES string of the molecule is CC1=NC(C(=O)OC(=O)c2ccccc2)=C(C)C1(C)C(C)C(=O)O. The minimum absolute atomic E-state index is 0.00705. The Morgan fingerprint density at radius 1 is 1.12 bits per heavy atom. The Balaban J connectivity index is 2.28. The smallest absolute Gasteiger partial charge is 0.364 e. The molecule has 2 unspecified atom stereocenters. The van der Waals surface area contributed by atoms with E-state index in [4.69, 9.17) is 4.74 Å². The summed E-state index contributed by atoms with van der Waals surface area (Å²) in [5.41, 5.74) is 0.349. The van der Waals surface area contributed by atoms with Gasteiger partial charge in [0.2, 0.25) is 0 Å². The predicted molar refractivity (Wildman–Crippen MR) is 87.6 cm³/mol. The first-order valence-corrected chi connectivity index (χ1v) is 7.51. The summed E-state index contributed by atoms with van der Waals surface area (Å²) in [6.07, 6.45) is 0. The Hall–Kier alpha value is -2.76. The molecule has 6 heteroatoms. The number of esters is 2. The third-order valence-electron chi connectivity index (χ3n) is 4.79. The molecule has 24 heavy (non-hydrogen) atoms. The van der Waals surface area contributed by atoms with Crippen molar-refractivity contribution < 1.29 is 24.2 Å². The number of nitrogens with zero attached hydrogens (tertiary/aromatic N) is 1. The number of hydrogen-bond acceptors (Lipinski definition) is 5. The van der Waals surface area contributed by atoms with Gasteiger partial charge in [0.05, 0.1) is 11.5 Å². The van der Waals surface area contributed by atoms with E-state index in [0.717, 1.165) is 0 Å². The third kappa shape index (κ3) is 2.87. The van der Waals surface area contributed by atoms with E-state index in [9.17, 15) is 19.5 Å². The second-order valence-electron chi connectivity index (χ2n) is 5.98. The topological polar surface area (TPSA) is 93.0 Å². The van der Waals surface area contributed by atoms with Gasteiger partial charge in [-0.2, -0.15) is 0 Å². The number of aliphatic imine (C=N–C) groups is 1. The standard InChI is InChI=1S/C18H19NO5/c1-10-14(19-12(3)18(10,4)11(2)15(20)21)17(23)24-16(22)13-8-6-5-7-9-13/h5-9,11H,1-4H3,(H,20,21). The van der Waals surface area contributed by atoms with E-state index in [1.165, 1.54) is 12.1 Å². The summed E-state index contributed by atoms with van der Waals surface area (Å²) in [6, 6.07) is 8.14. The lowest BCUT2D eigenvalue weighted by Crippen LogP contribution is -2.36. The van der Waals surface area contributed by atoms with Crippen LogP contribution in [0.5, 0.6) is 0 Å². The number of carboxylic acid groups (broad SMARTS) is 1. The average Bonchev–Trinajstić information content (AvgIpc) is 2.79. The maximum Gasteiger partial charge on any atom is 0.364 e. The summed E-state index contributed by atoms with van der Waals surface area (Å²) in [4.78, 5) is 39.9. The first-order chi connectivity index (χ1) is 11.2. The second kappa shape index (κ2) is 6.39. The molecule has 0 fully saturated rings. The Bertz CT molecular complexity index is 763. The van der Waals surface area contributed by atoms with Gasteiger partial charge in [-0.05, 0) is 38.5 Å². The predicted octanol–water partition coefficient (Wildman–Crippen LogP) is 2.85. The van der Waals surface area contributed by atoms with E-state index >= 15 is 0 Å². The minimum Gasteiger partial charge on any atom is -0.481 e. The van der Waals surface area contributed by atoms with E-state index in [1.807, 2.05) is 0 Å². The number of hydrogen-bond donors (Lipinski definition) is 1. The highest BCUT2D eigenvalue weighted by Crippen LogP contribution is 2.43. The summed E-state index contributed by atoms with van der Waals surface area (Å²) in [6.45, 7) is 6.60. The van der Waals surface area contributed by atoms with Crippen LogP contribution < -0.4 is 0 Å². The van der Waals surface area contributed by atoms with Crippen molar-refractivity contribution in [1.29, 1.82) is 0 Å². The molecule has 0 bridgehead atoms. The van der Waals surface area contributed by atoms with Crippen molar-refractivity contribution >= 4 is 23.6 Å². The number of carbonyl (C=O) groups is 3. The zero-order valence-corrected chi connectivity index (χ0v) is 14.0. The number of ether oxygens (including phenoxy) is 1. The normalized spacial score (nSPS) is 21.2. The largest absolute Gasteiger partial charge is 0.481 e. The van der Waals surface area contributed by atoms with Crippen molar-refractivity contribution in [2.45, 2.75) is 27.7 Å². The number of carboxylic acids is 1. The lowest BCUT2D eigenvalue weighted by atomic mass is 9.70. The highest BCUT2D eigenvalue weighted by atomic mass is 16.6. The summed E-state index contributed by atoms with van der Waals surface area (Å²) in [5, 5.41) is 9.31. The Kier molecular flexibility index (Phi) is 4.68. The molecular weight excluding hydrogens is 310 g/mol. The molecule has 1 N–H and O–H groups in total. The van der Waals surface area contributed by atoms with E-state index in [1.54, 1.807) is 45.9 Å². The maximum atomic E-state index is 12.3. The van der Waals surface area contributed by atoms with Crippen molar-refractivity contribution in [3.05, 3.63) is 47.2 Å². The van der Waals surface area contributed by atoms with Crippen LogP contribution in [0.25, 0.3) is 0 Å². The third-order valence-corrected chi connectivity index (χ3v) is 4.79. The first kappa shape index (κ1) is 17.6. The second-order valence-corrected chi connectivity index (χ2v) is 5.98. The zero-order chi connectivity index (χ0) is 18.1. The summed E-state index contributed by atoms with van der Waals surface area (Å²) < 4.78 is 4.88. The molecule has 1 heterocycles. The van der Waals surface area contributed by atoms with Crippen LogP contribution in [0.1, 0.15) is 38.1 Å². The van der Waals surface area contributed by atoms with Crippen molar-refractivity contribution in [3.63, 3.8) is 0 Å². The van der Waals surface area contributed by atoms with Crippen LogP contribution in [0.2, 0.25) is 0 Å². The van der Waals surface area contributed by atoms with Gasteiger partial charge in [0, 0.05) is 11.1 Å². The fourth-order valence-electron chi connectivity index (χ4n) is 2.73. The highest BCUT2D eigenvalue weighted by Gasteiger charge is 2.46. The van der Waals surface area contributed by atoms with Crippen LogP contribution >= 0.6 is 0 Å². The molecule has 1 aromatic carbocycles. The van der Waals surface area contributed by atoms with E-state index in [0.29, 0.717) is 11.3 Å². The quantitative estimate of drug-likeness (QED) is 0.677. The van der Waals surface area contributed by atoms with Crippen LogP contribution in [0.4, 0.5) is 0 Å². The molecule has 2 rings (SSSR count). The van der Waals surface area contributed by atoms with Crippen LogP contribution in [-0.4, -0.2) is 28.7 Å². The van der Waals surface area contributed by atoms with Gasteiger partial charge in [0.15, 0.2) is 0 Å². The monoisotopic (exact) mass is 329 g/mol. The highest BCUT2D eigenvalue weighted by molar-refractivity contribution is 6.08. The molecule has 126 valence electrons. The Morgan fingerprint density at radius 2 is 1.71 bits per heavy atom. The molecule has 2 atom stereocenters. The number of allylic oxidation sites excluding steroid dienone is 1. The molecule has 0 aliphatic carbocycles. The van der Waals surface area contributed by atoms with Crippen LogP contribution in [0.15, 0.2) is 46.6 Å². The van der Waals surface area contributed by atoms with Gasteiger partial charge in [-0.3, -0.25) is 4.79 Å². The molecule has 0 saturated heterocycles. The molecule has 1 aliphatic rings. The van der Waals surface area contributed by atoms with E-state index in [2.05, 4.69) is 4.99 Å². The van der Waals surface area contributed by atoms with Crippen molar-refractivity contribution in [2.24, 2.45) is 16.3 Å². The lowest BCUT2D eigenvalue weighted by Gasteiger charge is -2.30. The molecule has 0 spiro atoms. The molecule has 0 saturated carbocycles. The molecule has 6 nitrogen and oxygen atoms in total. The van der Waals surface area contributed by atoms with Gasteiger partial charge < -0.3 is 9.84 Å². The van der Waals surface area contributed by atoms with Gasteiger partial charge in [-0.25, -0.2) is 14.6 Å². The minimum atomic E-state index is -0.985. The van der Waals surface area contributed by atoms with Crippen LogP contribution in [0, 0.1) is 11.3 Å². The van der Waals surface area contributed by atoms with Crippen molar-refractivity contribution in [1.82, 2.24) is 0 Å². The maximum absolute atomic E-state index is 12.3. The van der Waals surface area contributed by atoms with E-state index in [-0.39, 0.29) is 11.3 Å². The molecule has 1 aromatic rings. The fraction of sp³-hybridized carbons (Fsp3) is 0.333. The number of aliphatic carboxylic acids is 1. The Morgan fingerprint density at radius 3 is 2.25 bits per heavy atom. The lowest BCUT2D eigenvalue weighted by molar-refractivity contribution is -0.143.